The average Bonchev–Trinajstić information content (AvgIpc) is 4.05. The van der Waals surface area contributed by atoms with E-state index >= 15 is 0 Å². The van der Waals surface area contributed by atoms with E-state index in [4.69, 9.17) is 14.5 Å². The lowest BCUT2D eigenvalue weighted by Gasteiger charge is -2.25. The first kappa shape index (κ1) is 60.8. The minimum atomic E-state index is -4.61. The maximum absolute atomic E-state index is 12.2. The van der Waals surface area contributed by atoms with Gasteiger partial charge in [0.2, 0.25) is 11.9 Å². The Morgan fingerprint density at radius 1 is 0.617 bits per heavy atom. The molecule has 424 valence electrons. The molecule has 0 saturated heterocycles. The molecule has 0 spiro atoms. The van der Waals surface area contributed by atoms with E-state index in [0.29, 0.717) is 49.1 Å². The van der Waals surface area contributed by atoms with Crippen molar-refractivity contribution in [2.24, 2.45) is 20.5 Å². The molecule has 0 atom stereocenters. The first-order valence-electron chi connectivity index (χ1n) is 24.1. The van der Waals surface area contributed by atoms with E-state index in [1.54, 1.807) is 36.4 Å². The molecule has 5 N–H and O–H groups in total. The van der Waals surface area contributed by atoms with E-state index < -0.39 is 36.1 Å². The van der Waals surface area contributed by atoms with Crippen molar-refractivity contribution < 1.29 is 48.4 Å². The highest BCUT2D eigenvalue weighted by atomic mass is 32.2. The minimum Gasteiger partial charge on any atom is -0.494 e. The van der Waals surface area contributed by atoms with Gasteiger partial charge in [0.05, 0.1) is 52.5 Å². The van der Waals surface area contributed by atoms with Crippen LogP contribution in [0.25, 0.3) is 22.5 Å². The van der Waals surface area contributed by atoms with Crippen LogP contribution in [0.15, 0.2) is 96.1 Å². The van der Waals surface area contributed by atoms with Crippen LogP contribution < -0.4 is 29.9 Å². The second kappa shape index (κ2) is 25.8. The molecular weight excluding hydrogens is 1170 g/mol. The Kier molecular flexibility index (Phi) is 19.4. The van der Waals surface area contributed by atoms with Crippen LogP contribution in [-0.2, 0) is 30.4 Å². The highest BCUT2D eigenvalue weighted by Gasteiger charge is 2.24. The Morgan fingerprint density at radius 2 is 1.02 bits per heavy atom. The van der Waals surface area contributed by atoms with Crippen molar-refractivity contribution in [1.29, 1.82) is 10.5 Å². The summed E-state index contributed by atoms with van der Waals surface area (Å²) in [6.07, 6.45) is 0. The van der Waals surface area contributed by atoms with Crippen molar-refractivity contribution in [3.8, 4) is 46.2 Å². The number of hydrogen-bond acceptors (Lipinski definition) is 26. The fourth-order valence-electron chi connectivity index (χ4n) is 7.99. The summed E-state index contributed by atoms with van der Waals surface area (Å²) >= 11 is 2.53. The summed E-state index contributed by atoms with van der Waals surface area (Å²) in [5, 5.41) is 45.1. The molecule has 4 aromatic carbocycles. The molecule has 3 heterocycles. The molecule has 32 heteroatoms. The highest BCUT2D eigenvalue weighted by molar-refractivity contribution is 8.00. The summed E-state index contributed by atoms with van der Waals surface area (Å²) in [5.41, 5.74) is 3.22. The van der Waals surface area contributed by atoms with Gasteiger partial charge in [0.15, 0.2) is 15.2 Å². The van der Waals surface area contributed by atoms with Crippen molar-refractivity contribution in [2.75, 3.05) is 72.3 Å². The topological polar surface area (TPSA) is 374 Å². The van der Waals surface area contributed by atoms with Crippen LogP contribution in [0.4, 0.5) is 56.0 Å². The van der Waals surface area contributed by atoms with Gasteiger partial charge in [-0.25, -0.2) is 0 Å². The molecule has 0 bridgehead atoms. The molecule has 26 nitrogen and oxygen atoms in total. The van der Waals surface area contributed by atoms with E-state index in [1.807, 2.05) is 37.5 Å². The number of methoxy groups -OCH3 is 2. The number of hydrogen-bond donors (Lipinski definition) is 5. The lowest BCUT2D eigenvalue weighted by Crippen LogP contribution is -2.22. The fraction of sp³-hybridized carbons (Fsp3) is 0.286. The lowest BCUT2D eigenvalue weighted by atomic mass is 10.1. The molecule has 7 aromatic rings. The van der Waals surface area contributed by atoms with Crippen LogP contribution in [-0.4, -0.2) is 115 Å². The van der Waals surface area contributed by atoms with Crippen LogP contribution in [0.3, 0.4) is 0 Å². The molecule has 0 fully saturated rings. The van der Waals surface area contributed by atoms with Gasteiger partial charge in [-0.05, 0) is 100.0 Å². The molecule has 0 aliphatic carbocycles. The van der Waals surface area contributed by atoms with Gasteiger partial charge < -0.3 is 29.9 Å². The number of anilines is 6. The maximum atomic E-state index is 12.2. The monoisotopic (exact) mass is 1220 g/mol. The first-order valence-corrected chi connectivity index (χ1v) is 31.1. The zero-order chi connectivity index (χ0) is 59.0. The van der Waals surface area contributed by atoms with Crippen LogP contribution in [0.2, 0.25) is 0 Å². The number of nitriles is 2. The summed E-state index contributed by atoms with van der Waals surface area (Å²) in [7, 11) is -10.7. The van der Waals surface area contributed by atoms with Crippen molar-refractivity contribution in [3.63, 3.8) is 0 Å². The summed E-state index contributed by atoms with van der Waals surface area (Å²) in [4.78, 5) is 17.2. The van der Waals surface area contributed by atoms with E-state index in [2.05, 4.69) is 61.9 Å². The maximum Gasteiger partial charge on any atom is 0.294 e. The summed E-state index contributed by atoms with van der Waals surface area (Å²) in [6, 6.07) is 19.3. The third-order valence-corrected chi connectivity index (χ3v) is 17.3. The number of nitrogens with one attached hydrogen (secondary N) is 2. The Balaban J connectivity index is 1.35. The minimum absolute atomic E-state index is 0.00631. The summed E-state index contributed by atoms with van der Waals surface area (Å²) in [6.45, 7) is 13.0. The molecule has 0 aliphatic heterocycles. The standard InChI is InChI=1S/C49H51N15O11S6/c1-9-63(10-2)37-21-33(35(23-39(37)74-7)57-59-45-31(25-50)43(61-77-45)29-15-13-27(5)41(19-29)80(68,69)70)52-47-54-48(56-49(55-47)76-17-18-79(65,66)67)53-34-22-38(64(11-3)12-4)40(75-8)24-36(34)58-60-46-32(26-51)44(62-78-46)30-16-14-28(6)42(20-30)81(71,72)73/h13-16,19-24H,9-12,17-18H2,1-8H3,(H,65,66,67)(H,68,69,70)(H,71,72,73)(H2,52,53,54,55,56). The lowest BCUT2D eigenvalue weighted by molar-refractivity contribution is 0.414. The molecule has 0 aliphatic rings. The van der Waals surface area contributed by atoms with E-state index in [9.17, 15) is 49.4 Å². The zero-order valence-electron chi connectivity index (χ0n) is 44.4. The smallest absolute Gasteiger partial charge is 0.294 e. The summed E-state index contributed by atoms with van der Waals surface area (Å²) < 4.78 is 122. The number of thioether (sulfide) groups is 1. The fourth-order valence-corrected chi connectivity index (χ4v) is 12.5. The molecule has 0 saturated carbocycles. The molecule has 0 radical (unpaired) electrons. The second-order valence-electron chi connectivity index (χ2n) is 17.0. The predicted molar refractivity (Wildman–Crippen MR) is 309 cm³/mol. The number of rotatable bonds is 24. The number of aromatic nitrogens is 5. The van der Waals surface area contributed by atoms with Gasteiger partial charge in [0.1, 0.15) is 57.5 Å². The van der Waals surface area contributed by atoms with Gasteiger partial charge in [0.25, 0.3) is 30.4 Å². The van der Waals surface area contributed by atoms with Crippen LogP contribution >= 0.6 is 34.8 Å². The van der Waals surface area contributed by atoms with Gasteiger partial charge >= 0.3 is 0 Å². The predicted octanol–water partition coefficient (Wildman–Crippen LogP) is 11.0. The van der Waals surface area contributed by atoms with Gasteiger partial charge in [0, 0.05) is 55.2 Å². The highest BCUT2D eigenvalue weighted by Crippen LogP contribution is 2.45. The Hall–Kier alpha value is -7.79. The van der Waals surface area contributed by atoms with Crippen molar-refractivity contribution in [1.82, 2.24) is 23.7 Å². The van der Waals surface area contributed by atoms with E-state index in [1.165, 1.54) is 52.3 Å². The van der Waals surface area contributed by atoms with Crippen molar-refractivity contribution in [2.45, 2.75) is 56.5 Å². The molecule has 3 aromatic heterocycles. The van der Waals surface area contributed by atoms with Gasteiger partial charge in [-0.3, -0.25) is 13.7 Å². The first-order chi connectivity index (χ1) is 38.5. The van der Waals surface area contributed by atoms with Crippen molar-refractivity contribution >= 4 is 121 Å². The molecular formula is C49H51N15O11S6. The number of benzene rings is 4. The zero-order valence-corrected chi connectivity index (χ0v) is 49.3. The quantitative estimate of drug-likeness (QED) is 0.0213. The Morgan fingerprint density at radius 3 is 1.37 bits per heavy atom. The normalized spacial score (nSPS) is 11.9. The third-order valence-electron chi connectivity index (χ3n) is 12.0. The van der Waals surface area contributed by atoms with E-state index in [0.717, 1.165) is 34.8 Å². The molecule has 0 unspecified atom stereocenters. The second-order valence-corrected chi connectivity index (χ2v) is 24.0. The van der Waals surface area contributed by atoms with Crippen LogP contribution in [0, 0.1) is 36.5 Å². The number of azo groups is 2. The van der Waals surface area contributed by atoms with Crippen molar-refractivity contribution in [3.05, 3.63) is 82.9 Å². The van der Waals surface area contributed by atoms with Gasteiger partial charge in [-0.2, -0.15) is 59.5 Å². The van der Waals surface area contributed by atoms with E-state index in [-0.39, 0.29) is 110 Å². The largest absolute Gasteiger partial charge is 0.494 e. The number of ether oxygens (including phenoxy) is 2. The van der Waals surface area contributed by atoms with Crippen LogP contribution in [0.5, 0.6) is 11.5 Å². The third kappa shape index (κ3) is 14.4. The average molecular weight is 1220 g/mol. The Bertz CT molecular complexity index is 3790. The SMILES string of the molecule is CCN(CC)c1cc(Nc2nc(Nc3cc(N(CC)CC)c(OC)cc3N=Nc3snc(-c4ccc(C)c(S(=O)(=O)O)c4)c3C#N)nc(SCCS(=O)(=O)O)n2)c(N=Nc2snc(-c3ccc(C)c(S(=O)(=O)O)c3)c2C#N)cc1OC. The molecule has 0 amide bonds. The summed E-state index contributed by atoms with van der Waals surface area (Å²) in [5.74, 6) is -0.255. The van der Waals surface area contributed by atoms with Crippen LogP contribution in [0.1, 0.15) is 49.9 Å². The van der Waals surface area contributed by atoms with Gasteiger partial charge in [-0.15, -0.1) is 20.5 Å². The number of aryl methyl sites for hydroxylation is 2. The molecule has 81 heavy (non-hydrogen) atoms. The van der Waals surface area contributed by atoms with Gasteiger partial charge in [-0.1, -0.05) is 36.0 Å². The number of nitrogens with zero attached hydrogens (tertiary/aromatic N) is 13. The Labute approximate surface area is 479 Å². The molecule has 7 rings (SSSR count).